The van der Waals surface area contributed by atoms with Gasteiger partial charge in [0.25, 0.3) is 5.91 Å². The largest absolute Gasteiger partial charge is 0.368 e. The molecule has 0 saturated carbocycles. The van der Waals surface area contributed by atoms with Gasteiger partial charge in [-0.1, -0.05) is 36.4 Å². The van der Waals surface area contributed by atoms with E-state index in [1.54, 1.807) is 23.6 Å². The standard InChI is InChI=1S/C21H18N4OS2/c22-21-23-11-10-15(25-21)18-8-9-19(28-18)20(26)24-16(17-7-4-12-27-17)13-14-5-2-1-3-6-14/h1-12,16H,13H2,(H,24,26)(H2,22,23,25). The van der Waals surface area contributed by atoms with Crippen LogP contribution in [0.25, 0.3) is 10.6 Å². The van der Waals surface area contributed by atoms with E-state index in [9.17, 15) is 4.79 Å². The highest BCUT2D eigenvalue weighted by Gasteiger charge is 2.19. The fourth-order valence-corrected chi connectivity index (χ4v) is 4.56. The van der Waals surface area contributed by atoms with E-state index < -0.39 is 0 Å². The highest BCUT2D eigenvalue weighted by Crippen LogP contribution is 2.28. The van der Waals surface area contributed by atoms with Crippen LogP contribution < -0.4 is 11.1 Å². The number of nitrogen functional groups attached to an aromatic ring is 1. The van der Waals surface area contributed by atoms with E-state index in [4.69, 9.17) is 5.73 Å². The summed E-state index contributed by atoms with van der Waals surface area (Å²) in [5.74, 6) is 0.130. The van der Waals surface area contributed by atoms with Gasteiger partial charge in [-0.25, -0.2) is 9.97 Å². The Balaban J connectivity index is 1.53. The van der Waals surface area contributed by atoms with E-state index in [1.165, 1.54) is 16.9 Å². The van der Waals surface area contributed by atoms with Crippen LogP contribution in [0.4, 0.5) is 5.95 Å². The Bertz CT molecular complexity index is 1060. The summed E-state index contributed by atoms with van der Waals surface area (Å²) in [6.45, 7) is 0. The minimum Gasteiger partial charge on any atom is -0.368 e. The van der Waals surface area contributed by atoms with Gasteiger partial charge in [0.15, 0.2) is 0 Å². The predicted octanol–water partition coefficient (Wildman–Crippen LogP) is 4.56. The maximum absolute atomic E-state index is 12.9. The fraction of sp³-hybridized carbons (Fsp3) is 0.0952. The number of carbonyl (C=O) groups is 1. The number of hydrogen-bond acceptors (Lipinski definition) is 6. The lowest BCUT2D eigenvalue weighted by molar-refractivity contribution is 0.0941. The predicted molar refractivity (Wildman–Crippen MR) is 114 cm³/mol. The molecular formula is C21H18N4OS2. The average molecular weight is 407 g/mol. The number of aromatic nitrogens is 2. The number of rotatable bonds is 6. The lowest BCUT2D eigenvalue weighted by atomic mass is 10.0. The van der Waals surface area contributed by atoms with Crippen LogP contribution in [0.1, 0.15) is 26.2 Å². The molecule has 0 radical (unpaired) electrons. The molecular weight excluding hydrogens is 388 g/mol. The zero-order valence-corrected chi connectivity index (χ0v) is 16.5. The fourth-order valence-electron chi connectivity index (χ4n) is 2.90. The van der Waals surface area contributed by atoms with Crippen LogP contribution in [0.5, 0.6) is 0 Å². The molecule has 0 aliphatic rings. The molecule has 1 aromatic carbocycles. The molecule has 0 fully saturated rings. The van der Waals surface area contributed by atoms with Crippen molar-refractivity contribution in [2.75, 3.05) is 5.73 Å². The Morgan fingerprint density at radius 3 is 2.68 bits per heavy atom. The van der Waals surface area contributed by atoms with E-state index in [2.05, 4.69) is 33.5 Å². The molecule has 28 heavy (non-hydrogen) atoms. The summed E-state index contributed by atoms with van der Waals surface area (Å²) in [4.78, 5) is 23.7. The van der Waals surface area contributed by atoms with Crippen molar-refractivity contribution in [1.82, 2.24) is 15.3 Å². The molecule has 4 rings (SSSR count). The maximum atomic E-state index is 12.9. The first-order valence-corrected chi connectivity index (χ1v) is 10.5. The van der Waals surface area contributed by atoms with Gasteiger partial charge in [-0.2, -0.15) is 0 Å². The first kappa shape index (κ1) is 18.3. The van der Waals surface area contributed by atoms with E-state index in [1.807, 2.05) is 41.8 Å². The summed E-state index contributed by atoms with van der Waals surface area (Å²) in [7, 11) is 0. The van der Waals surface area contributed by atoms with Crippen molar-refractivity contribution in [3.05, 3.63) is 87.6 Å². The summed E-state index contributed by atoms with van der Waals surface area (Å²) >= 11 is 3.04. The number of anilines is 1. The summed E-state index contributed by atoms with van der Waals surface area (Å²) in [6, 6.07) is 19.7. The van der Waals surface area contributed by atoms with Gasteiger partial charge in [0.2, 0.25) is 5.95 Å². The zero-order valence-electron chi connectivity index (χ0n) is 14.9. The van der Waals surface area contributed by atoms with Gasteiger partial charge in [0, 0.05) is 11.1 Å². The Morgan fingerprint density at radius 2 is 1.93 bits per heavy atom. The van der Waals surface area contributed by atoms with Crippen molar-refractivity contribution in [3.8, 4) is 10.6 Å². The number of thiophene rings is 2. The van der Waals surface area contributed by atoms with Crippen LogP contribution in [0, 0.1) is 0 Å². The molecule has 0 bridgehead atoms. The number of amides is 1. The maximum Gasteiger partial charge on any atom is 0.261 e. The van der Waals surface area contributed by atoms with Crippen molar-refractivity contribution < 1.29 is 4.79 Å². The normalized spacial score (nSPS) is 11.9. The molecule has 0 spiro atoms. The van der Waals surface area contributed by atoms with E-state index in [0.29, 0.717) is 4.88 Å². The Kier molecular flexibility index (Phi) is 5.45. The topological polar surface area (TPSA) is 80.9 Å². The number of nitrogens with two attached hydrogens (primary N) is 1. The highest BCUT2D eigenvalue weighted by atomic mass is 32.1. The summed E-state index contributed by atoms with van der Waals surface area (Å²) in [5.41, 5.74) is 7.56. The lowest BCUT2D eigenvalue weighted by Crippen LogP contribution is -2.28. The van der Waals surface area contributed by atoms with Crippen molar-refractivity contribution in [3.63, 3.8) is 0 Å². The molecule has 7 heteroatoms. The Morgan fingerprint density at radius 1 is 1.07 bits per heavy atom. The van der Waals surface area contributed by atoms with Crippen LogP contribution in [0.2, 0.25) is 0 Å². The first-order chi connectivity index (χ1) is 13.7. The van der Waals surface area contributed by atoms with Crippen molar-refractivity contribution in [1.29, 1.82) is 0 Å². The second kappa shape index (κ2) is 8.33. The van der Waals surface area contributed by atoms with Crippen LogP contribution in [0.15, 0.2) is 72.2 Å². The third-order valence-corrected chi connectivity index (χ3v) is 6.32. The van der Waals surface area contributed by atoms with Gasteiger partial charge in [0.05, 0.1) is 21.5 Å². The zero-order chi connectivity index (χ0) is 19.3. The van der Waals surface area contributed by atoms with Gasteiger partial charge in [0.1, 0.15) is 0 Å². The second-order valence-electron chi connectivity index (χ2n) is 6.20. The molecule has 1 atom stereocenters. The van der Waals surface area contributed by atoms with Gasteiger partial charge < -0.3 is 11.1 Å². The third kappa shape index (κ3) is 4.27. The molecule has 3 aromatic heterocycles. The molecule has 5 nitrogen and oxygen atoms in total. The minimum atomic E-state index is -0.0902. The number of carbonyl (C=O) groups excluding carboxylic acids is 1. The molecule has 4 aromatic rings. The Labute approximate surface area is 170 Å². The molecule has 1 amide bonds. The smallest absolute Gasteiger partial charge is 0.261 e. The van der Waals surface area contributed by atoms with Crippen molar-refractivity contribution in [2.45, 2.75) is 12.5 Å². The van der Waals surface area contributed by atoms with Crippen molar-refractivity contribution >= 4 is 34.5 Å². The Hall–Kier alpha value is -3.03. The molecule has 0 saturated heterocycles. The molecule has 0 aliphatic carbocycles. The highest BCUT2D eigenvalue weighted by molar-refractivity contribution is 7.17. The number of benzene rings is 1. The van der Waals surface area contributed by atoms with Crippen LogP contribution in [0.3, 0.4) is 0 Å². The molecule has 1 unspecified atom stereocenters. The molecule has 140 valence electrons. The summed E-state index contributed by atoms with van der Waals surface area (Å²) in [6.07, 6.45) is 2.36. The van der Waals surface area contributed by atoms with Crippen LogP contribution in [-0.4, -0.2) is 15.9 Å². The van der Waals surface area contributed by atoms with E-state index >= 15 is 0 Å². The van der Waals surface area contributed by atoms with Gasteiger partial charge in [-0.15, -0.1) is 22.7 Å². The van der Waals surface area contributed by atoms with Gasteiger partial charge in [-0.05, 0) is 41.6 Å². The number of nitrogens with one attached hydrogen (secondary N) is 1. The second-order valence-corrected chi connectivity index (χ2v) is 8.26. The lowest BCUT2D eigenvalue weighted by Gasteiger charge is -2.17. The van der Waals surface area contributed by atoms with Gasteiger partial charge in [-0.3, -0.25) is 4.79 Å². The van der Waals surface area contributed by atoms with Crippen LogP contribution in [-0.2, 0) is 6.42 Å². The third-order valence-electron chi connectivity index (χ3n) is 4.23. The monoisotopic (exact) mass is 406 g/mol. The number of hydrogen-bond donors (Lipinski definition) is 2. The minimum absolute atomic E-state index is 0.0739. The van der Waals surface area contributed by atoms with E-state index in [-0.39, 0.29) is 17.9 Å². The summed E-state index contributed by atoms with van der Waals surface area (Å²) < 4.78 is 0. The van der Waals surface area contributed by atoms with Crippen LogP contribution >= 0.6 is 22.7 Å². The molecule has 3 heterocycles. The van der Waals surface area contributed by atoms with E-state index in [0.717, 1.165) is 21.9 Å². The van der Waals surface area contributed by atoms with Crippen molar-refractivity contribution in [2.24, 2.45) is 0 Å². The van der Waals surface area contributed by atoms with Gasteiger partial charge >= 0.3 is 0 Å². The summed E-state index contributed by atoms with van der Waals surface area (Å²) in [5, 5.41) is 5.21. The number of nitrogens with zero attached hydrogens (tertiary/aromatic N) is 2. The quantitative estimate of drug-likeness (QED) is 0.492. The molecule has 3 N–H and O–H groups in total. The average Bonchev–Trinajstić information content (AvgIpc) is 3.41. The first-order valence-electron chi connectivity index (χ1n) is 8.76. The SMILES string of the molecule is Nc1nccc(-c2ccc(C(=O)NC(Cc3ccccc3)c3cccs3)s2)n1. The molecule has 0 aliphatic heterocycles.